The minimum atomic E-state index is -0.229. The molecule has 0 amide bonds. The SMILES string of the molecule is CC(C)Cn1cnc2cc(F)ccc21. The number of fused-ring (bicyclic) bond motifs is 1. The molecule has 3 heteroatoms. The number of rotatable bonds is 2. The van der Waals surface area contributed by atoms with E-state index in [1.54, 1.807) is 12.4 Å². The van der Waals surface area contributed by atoms with E-state index in [9.17, 15) is 4.39 Å². The number of hydrogen-bond acceptors (Lipinski definition) is 1. The maximum Gasteiger partial charge on any atom is 0.125 e. The molecule has 0 aliphatic heterocycles. The highest BCUT2D eigenvalue weighted by Gasteiger charge is 2.04. The van der Waals surface area contributed by atoms with Crippen molar-refractivity contribution in [3.63, 3.8) is 0 Å². The fourth-order valence-electron chi connectivity index (χ4n) is 1.58. The quantitative estimate of drug-likeness (QED) is 0.715. The zero-order valence-electron chi connectivity index (χ0n) is 8.37. The van der Waals surface area contributed by atoms with E-state index < -0.39 is 0 Å². The molecule has 0 spiro atoms. The van der Waals surface area contributed by atoms with Crippen LogP contribution in [0.4, 0.5) is 4.39 Å². The minimum Gasteiger partial charge on any atom is -0.330 e. The van der Waals surface area contributed by atoms with Gasteiger partial charge >= 0.3 is 0 Å². The molecule has 2 aromatic rings. The van der Waals surface area contributed by atoms with Gasteiger partial charge in [0.15, 0.2) is 0 Å². The molecule has 0 radical (unpaired) electrons. The second-order valence-electron chi connectivity index (χ2n) is 3.92. The average Bonchev–Trinajstić information content (AvgIpc) is 2.47. The fourth-order valence-corrected chi connectivity index (χ4v) is 1.58. The smallest absolute Gasteiger partial charge is 0.125 e. The van der Waals surface area contributed by atoms with Crippen molar-refractivity contribution in [2.24, 2.45) is 5.92 Å². The first kappa shape index (κ1) is 9.19. The van der Waals surface area contributed by atoms with Gasteiger partial charge in [-0.2, -0.15) is 0 Å². The summed E-state index contributed by atoms with van der Waals surface area (Å²) >= 11 is 0. The lowest BCUT2D eigenvalue weighted by Crippen LogP contribution is -2.02. The van der Waals surface area contributed by atoms with Gasteiger partial charge in [0.2, 0.25) is 0 Å². The standard InChI is InChI=1S/C11H13FN2/c1-8(2)6-14-7-13-10-5-9(12)3-4-11(10)14/h3-5,7-8H,6H2,1-2H3. The normalized spacial score (nSPS) is 11.4. The number of halogens is 1. The van der Waals surface area contributed by atoms with Gasteiger partial charge in [-0.15, -0.1) is 0 Å². The molecule has 1 heterocycles. The zero-order chi connectivity index (χ0) is 10.1. The van der Waals surface area contributed by atoms with Crippen molar-refractivity contribution in [3.05, 3.63) is 30.3 Å². The van der Waals surface area contributed by atoms with Gasteiger partial charge < -0.3 is 4.57 Å². The Morgan fingerprint density at radius 2 is 2.21 bits per heavy atom. The Balaban J connectivity index is 2.47. The van der Waals surface area contributed by atoms with Crippen molar-refractivity contribution in [2.45, 2.75) is 20.4 Å². The Labute approximate surface area is 82.4 Å². The first-order chi connectivity index (χ1) is 6.66. The third kappa shape index (κ3) is 1.62. The second-order valence-corrected chi connectivity index (χ2v) is 3.92. The van der Waals surface area contributed by atoms with Crippen LogP contribution in [0.1, 0.15) is 13.8 Å². The molecule has 0 aliphatic rings. The minimum absolute atomic E-state index is 0.229. The van der Waals surface area contributed by atoms with Crippen LogP contribution < -0.4 is 0 Å². The lowest BCUT2D eigenvalue weighted by Gasteiger charge is -2.06. The molecule has 1 aromatic heterocycles. The summed E-state index contributed by atoms with van der Waals surface area (Å²) < 4.78 is 14.9. The fraction of sp³-hybridized carbons (Fsp3) is 0.364. The summed E-state index contributed by atoms with van der Waals surface area (Å²) in [5.41, 5.74) is 1.73. The van der Waals surface area contributed by atoms with Gasteiger partial charge in [-0.05, 0) is 18.1 Å². The summed E-state index contributed by atoms with van der Waals surface area (Å²) in [5.74, 6) is 0.338. The topological polar surface area (TPSA) is 17.8 Å². The van der Waals surface area contributed by atoms with Crippen LogP contribution in [0.25, 0.3) is 11.0 Å². The zero-order valence-corrected chi connectivity index (χ0v) is 8.37. The molecule has 74 valence electrons. The second kappa shape index (κ2) is 3.40. The number of benzene rings is 1. The largest absolute Gasteiger partial charge is 0.330 e. The van der Waals surface area contributed by atoms with Crippen LogP contribution in [0, 0.1) is 11.7 Å². The molecule has 0 saturated heterocycles. The summed E-state index contributed by atoms with van der Waals surface area (Å²) in [5, 5.41) is 0. The van der Waals surface area contributed by atoms with E-state index in [0.717, 1.165) is 17.6 Å². The first-order valence-corrected chi connectivity index (χ1v) is 4.77. The van der Waals surface area contributed by atoms with Crippen molar-refractivity contribution >= 4 is 11.0 Å². The molecule has 0 bridgehead atoms. The molecule has 0 unspecified atom stereocenters. The van der Waals surface area contributed by atoms with E-state index in [-0.39, 0.29) is 5.82 Å². The Kier molecular flexibility index (Phi) is 2.23. The molecule has 2 nitrogen and oxygen atoms in total. The molecule has 1 aromatic carbocycles. The number of aromatic nitrogens is 2. The third-order valence-corrected chi connectivity index (χ3v) is 2.14. The van der Waals surface area contributed by atoms with Gasteiger partial charge in [0, 0.05) is 12.6 Å². The summed E-state index contributed by atoms with van der Waals surface area (Å²) in [6, 6.07) is 4.72. The lowest BCUT2D eigenvalue weighted by molar-refractivity contribution is 0.532. The van der Waals surface area contributed by atoms with Crippen LogP contribution in [0.3, 0.4) is 0 Å². The molecule has 14 heavy (non-hydrogen) atoms. The molecule has 2 rings (SSSR count). The van der Waals surface area contributed by atoms with Crippen molar-refractivity contribution in [1.29, 1.82) is 0 Å². The van der Waals surface area contributed by atoms with Crippen LogP contribution in [0.15, 0.2) is 24.5 Å². The summed E-state index contributed by atoms with van der Waals surface area (Å²) in [6.07, 6.45) is 1.77. The number of imidazole rings is 1. The van der Waals surface area contributed by atoms with E-state index in [1.807, 2.05) is 0 Å². The molecular formula is C11H13FN2. The maximum absolute atomic E-state index is 12.9. The highest BCUT2D eigenvalue weighted by atomic mass is 19.1. The molecule has 0 saturated carbocycles. The van der Waals surface area contributed by atoms with Crippen molar-refractivity contribution in [1.82, 2.24) is 9.55 Å². The Morgan fingerprint density at radius 3 is 2.93 bits per heavy atom. The molecule has 0 N–H and O–H groups in total. The van der Waals surface area contributed by atoms with Crippen LogP contribution in [-0.4, -0.2) is 9.55 Å². The predicted molar refractivity (Wildman–Crippen MR) is 54.5 cm³/mol. The molecule has 0 atom stereocenters. The van der Waals surface area contributed by atoms with Gasteiger partial charge in [0.1, 0.15) is 5.82 Å². The van der Waals surface area contributed by atoms with Crippen LogP contribution in [-0.2, 0) is 6.54 Å². The highest BCUT2D eigenvalue weighted by molar-refractivity contribution is 5.75. The van der Waals surface area contributed by atoms with Crippen LogP contribution >= 0.6 is 0 Å². The summed E-state index contributed by atoms with van der Waals surface area (Å²) in [7, 11) is 0. The third-order valence-electron chi connectivity index (χ3n) is 2.14. The van der Waals surface area contributed by atoms with Gasteiger partial charge in [0.05, 0.1) is 17.4 Å². The van der Waals surface area contributed by atoms with E-state index in [1.165, 1.54) is 12.1 Å². The molecule has 0 aliphatic carbocycles. The first-order valence-electron chi connectivity index (χ1n) is 4.77. The predicted octanol–water partition coefficient (Wildman–Crippen LogP) is 2.83. The maximum atomic E-state index is 12.9. The highest BCUT2D eigenvalue weighted by Crippen LogP contribution is 2.15. The molecule has 0 fully saturated rings. The van der Waals surface area contributed by atoms with Crippen molar-refractivity contribution in [3.8, 4) is 0 Å². The summed E-state index contributed by atoms with van der Waals surface area (Å²) in [6.45, 7) is 5.22. The lowest BCUT2D eigenvalue weighted by atomic mass is 10.2. The van der Waals surface area contributed by atoms with E-state index in [4.69, 9.17) is 0 Å². The monoisotopic (exact) mass is 192 g/mol. The van der Waals surface area contributed by atoms with Crippen molar-refractivity contribution < 1.29 is 4.39 Å². The number of nitrogens with zero attached hydrogens (tertiary/aromatic N) is 2. The average molecular weight is 192 g/mol. The van der Waals surface area contributed by atoms with Crippen LogP contribution in [0.5, 0.6) is 0 Å². The molecular weight excluding hydrogens is 179 g/mol. The van der Waals surface area contributed by atoms with Gasteiger partial charge in [-0.1, -0.05) is 13.8 Å². The van der Waals surface area contributed by atoms with E-state index in [2.05, 4.69) is 23.4 Å². The van der Waals surface area contributed by atoms with Gasteiger partial charge in [0.25, 0.3) is 0 Å². The van der Waals surface area contributed by atoms with E-state index in [0.29, 0.717) is 5.92 Å². The van der Waals surface area contributed by atoms with Gasteiger partial charge in [-0.3, -0.25) is 0 Å². The number of hydrogen-bond donors (Lipinski definition) is 0. The Bertz CT molecular complexity index is 445. The van der Waals surface area contributed by atoms with E-state index >= 15 is 0 Å². The Hall–Kier alpha value is -1.38. The van der Waals surface area contributed by atoms with Gasteiger partial charge in [-0.25, -0.2) is 9.37 Å². The van der Waals surface area contributed by atoms with Crippen molar-refractivity contribution in [2.75, 3.05) is 0 Å². The van der Waals surface area contributed by atoms with Crippen LogP contribution in [0.2, 0.25) is 0 Å². The Morgan fingerprint density at radius 1 is 1.43 bits per heavy atom. The summed E-state index contributed by atoms with van der Waals surface area (Å²) in [4.78, 5) is 4.16.